The average Bonchev–Trinajstić information content (AvgIpc) is 3.35. The molecule has 6 nitrogen and oxygen atoms in total. The zero-order chi connectivity index (χ0) is 18.5. The van der Waals surface area contributed by atoms with Gasteiger partial charge in [-0.3, -0.25) is 0 Å². The maximum absolute atomic E-state index is 13.3. The highest BCUT2D eigenvalue weighted by Crippen LogP contribution is 2.25. The normalized spacial score (nSPS) is 14.9. The van der Waals surface area contributed by atoms with E-state index in [1.807, 2.05) is 4.68 Å². The first-order chi connectivity index (χ1) is 12.6. The van der Waals surface area contributed by atoms with Gasteiger partial charge in [-0.15, -0.1) is 0 Å². The van der Waals surface area contributed by atoms with Crippen molar-refractivity contribution in [2.45, 2.75) is 44.7 Å². The van der Waals surface area contributed by atoms with Crippen LogP contribution in [0.15, 0.2) is 30.3 Å². The summed E-state index contributed by atoms with van der Waals surface area (Å²) in [6.45, 7) is 2.63. The zero-order valence-electron chi connectivity index (χ0n) is 15.2. The van der Waals surface area contributed by atoms with Gasteiger partial charge >= 0.3 is 6.09 Å². The highest BCUT2D eigenvalue weighted by atomic mass is 19.1. The summed E-state index contributed by atoms with van der Waals surface area (Å²) in [5, 5.41) is 11.0. The third-order valence-corrected chi connectivity index (χ3v) is 4.44. The predicted octanol–water partition coefficient (Wildman–Crippen LogP) is 3.11. The van der Waals surface area contributed by atoms with Gasteiger partial charge in [0.15, 0.2) is 0 Å². The number of ether oxygens (including phenoxy) is 1. The van der Waals surface area contributed by atoms with Crippen LogP contribution in [0, 0.1) is 5.82 Å². The van der Waals surface area contributed by atoms with Gasteiger partial charge < -0.3 is 15.4 Å². The Morgan fingerprint density at radius 2 is 2.12 bits per heavy atom. The van der Waals surface area contributed by atoms with Gasteiger partial charge in [-0.25, -0.2) is 13.9 Å². The lowest BCUT2D eigenvalue weighted by atomic mass is 10.1. The van der Waals surface area contributed by atoms with Crippen LogP contribution < -0.4 is 10.6 Å². The minimum absolute atomic E-state index is 0.163. The number of benzene rings is 1. The molecular formula is C19H25FN4O2. The van der Waals surface area contributed by atoms with E-state index >= 15 is 0 Å². The van der Waals surface area contributed by atoms with Crippen molar-refractivity contribution in [2.24, 2.45) is 0 Å². The quantitative estimate of drug-likeness (QED) is 0.710. The molecule has 0 radical (unpaired) electrons. The Bertz CT molecular complexity index is 740. The predicted molar refractivity (Wildman–Crippen MR) is 96.8 cm³/mol. The van der Waals surface area contributed by atoms with E-state index in [2.05, 4.69) is 28.4 Å². The maximum atomic E-state index is 13.3. The van der Waals surface area contributed by atoms with Crippen molar-refractivity contribution >= 4 is 6.09 Å². The van der Waals surface area contributed by atoms with Crippen LogP contribution in [0.1, 0.15) is 43.6 Å². The molecule has 1 amide bonds. The molecule has 26 heavy (non-hydrogen) atoms. The second kappa shape index (κ2) is 8.31. The van der Waals surface area contributed by atoms with Gasteiger partial charge in [0.05, 0.1) is 18.5 Å². The third-order valence-electron chi connectivity index (χ3n) is 4.44. The van der Waals surface area contributed by atoms with E-state index < -0.39 is 6.09 Å². The topological polar surface area (TPSA) is 68.2 Å². The number of carbonyl (C=O) groups is 1. The van der Waals surface area contributed by atoms with Crippen LogP contribution in [0.25, 0.3) is 5.69 Å². The summed E-state index contributed by atoms with van der Waals surface area (Å²) in [5.74, 6) is -0.270. The number of amides is 1. The summed E-state index contributed by atoms with van der Waals surface area (Å²) in [6, 6.07) is 9.16. The van der Waals surface area contributed by atoms with Gasteiger partial charge in [0.2, 0.25) is 0 Å². The van der Waals surface area contributed by atoms with Gasteiger partial charge in [-0.1, -0.05) is 0 Å². The summed E-state index contributed by atoms with van der Waals surface area (Å²) in [4.78, 5) is 11.2. The van der Waals surface area contributed by atoms with E-state index in [0.29, 0.717) is 12.6 Å². The number of hydrogen-bond donors (Lipinski definition) is 2. The number of alkyl carbamates (subject to hydrolysis) is 1. The van der Waals surface area contributed by atoms with E-state index in [4.69, 9.17) is 5.10 Å². The first-order valence-electron chi connectivity index (χ1n) is 8.99. The highest BCUT2D eigenvalue weighted by molar-refractivity contribution is 5.66. The third kappa shape index (κ3) is 4.82. The maximum Gasteiger partial charge on any atom is 0.406 e. The van der Waals surface area contributed by atoms with Gasteiger partial charge in [-0.05, 0) is 62.9 Å². The summed E-state index contributed by atoms with van der Waals surface area (Å²) < 4.78 is 19.7. The van der Waals surface area contributed by atoms with Crippen molar-refractivity contribution in [3.8, 4) is 5.69 Å². The zero-order valence-corrected chi connectivity index (χ0v) is 15.2. The second-order valence-electron chi connectivity index (χ2n) is 6.63. The molecule has 0 spiro atoms. The summed E-state index contributed by atoms with van der Waals surface area (Å²) >= 11 is 0. The summed E-state index contributed by atoms with van der Waals surface area (Å²) in [6.07, 6.45) is 3.50. The standard InChI is InChI=1S/C19H25FN4O2/c1-13(22-15-7-8-15)18-12-17(4-3-11-21-19(25)26-2)24(23-18)16-9-5-14(20)6-10-16/h5-6,9-10,12-13,15,22H,3-4,7-8,11H2,1-2H3,(H,21,25)/t13-/m1/s1. The molecule has 0 saturated heterocycles. The van der Waals surface area contributed by atoms with Crippen LogP contribution in [-0.2, 0) is 11.2 Å². The second-order valence-corrected chi connectivity index (χ2v) is 6.63. The van der Waals surface area contributed by atoms with E-state index in [1.54, 1.807) is 12.1 Å². The molecule has 140 valence electrons. The van der Waals surface area contributed by atoms with Crippen molar-refractivity contribution in [3.05, 3.63) is 47.5 Å². The molecule has 3 rings (SSSR count). The number of nitrogens with zero attached hydrogens (tertiary/aromatic N) is 2. The summed E-state index contributed by atoms with van der Waals surface area (Å²) in [5.41, 5.74) is 2.83. The van der Waals surface area contributed by atoms with Crippen molar-refractivity contribution < 1.29 is 13.9 Å². The molecule has 2 N–H and O–H groups in total. The number of rotatable bonds is 8. The lowest BCUT2D eigenvalue weighted by Gasteiger charge is -2.10. The minimum atomic E-state index is -0.431. The molecular weight excluding hydrogens is 335 g/mol. The molecule has 0 unspecified atom stereocenters. The van der Waals surface area contributed by atoms with Crippen molar-refractivity contribution in [1.29, 1.82) is 0 Å². The molecule has 1 aliphatic carbocycles. The summed E-state index contributed by atoms with van der Waals surface area (Å²) in [7, 11) is 1.35. The Hall–Kier alpha value is -2.41. The lowest BCUT2D eigenvalue weighted by molar-refractivity contribution is 0.171. The Balaban J connectivity index is 1.74. The Morgan fingerprint density at radius 1 is 1.38 bits per heavy atom. The molecule has 1 atom stereocenters. The van der Waals surface area contributed by atoms with E-state index in [1.165, 1.54) is 32.1 Å². The van der Waals surface area contributed by atoms with Crippen molar-refractivity contribution in [1.82, 2.24) is 20.4 Å². The Labute approximate surface area is 152 Å². The molecule has 0 aliphatic heterocycles. The van der Waals surface area contributed by atoms with Crippen molar-refractivity contribution in [3.63, 3.8) is 0 Å². The fourth-order valence-corrected chi connectivity index (χ4v) is 2.86. The van der Waals surface area contributed by atoms with Crippen LogP contribution in [0.4, 0.5) is 9.18 Å². The largest absolute Gasteiger partial charge is 0.453 e. The minimum Gasteiger partial charge on any atom is -0.453 e. The van der Waals surface area contributed by atoms with Crippen LogP contribution in [0.5, 0.6) is 0 Å². The Morgan fingerprint density at radius 3 is 2.77 bits per heavy atom. The molecule has 1 aromatic heterocycles. The number of nitrogens with one attached hydrogen (secondary N) is 2. The first-order valence-corrected chi connectivity index (χ1v) is 8.99. The smallest absolute Gasteiger partial charge is 0.406 e. The fourth-order valence-electron chi connectivity index (χ4n) is 2.86. The fraction of sp³-hybridized carbons (Fsp3) is 0.474. The molecule has 1 fully saturated rings. The number of aromatic nitrogens is 2. The van der Waals surface area contributed by atoms with Crippen LogP contribution in [-0.4, -0.2) is 35.6 Å². The van der Waals surface area contributed by atoms with Crippen LogP contribution >= 0.6 is 0 Å². The molecule has 1 aliphatic rings. The number of methoxy groups -OCH3 is 1. The lowest BCUT2D eigenvalue weighted by Crippen LogP contribution is -2.24. The first kappa shape index (κ1) is 18.4. The van der Waals surface area contributed by atoms with Crippen LogP contribution in [0.2, 0.25) is 0 Å². The van der Waals surface area contributed by atoms with Gasteiger partial charge in [-0.2, -0.15) is 5.10 Å². The van der Waals surface area contributed by atoms with Gasteiger partial charge in [0, 0.05) is 24.3 Å². The number of aryl methyl sites for hydroxylation is 1. The van der Waals surface area contributed by atoms with E-state index in [-0.39, 0.29) is 11.9 Å². The van der Waals surface area contributed by atoms with E-state index in [9.17, 15) is 9.18 Å². The van der Waals surface area contributed by atoms with Crippen molar-refractivity contribution in [2.75, 3.05) is 13.7 Å². The SMILES string of the molecule is COC(=O)NCCCc1cc([C@@H](C)NC2CC2)nn1-c1ccc(F)cc1. The monoisotopic (exact) mass is 360 g/mol. The number of carbonyl (C=O) groups excluding carboxylic acids is 1. The number of halogens is 1. The molecule has 7 heteroatoms. The molecule has 1 heterocycles. The highest BCUT2D eigenvalue weighted by Gasteiger charge is 2.25. The van der Waals surface area contributed by atoms with E-state index in [0.717, 1.165) is 29.9 Å². The molecule has 2 aromatic rings. The molecule has 1 aromatic carbocycles. The molecule has 1 saturated carbocycles. The Kier molecular flexibility index (Phi) is 5.88. The number of hydrogen-bond acceptors (Lipinski definition) is 4. The van der Waals surface area contributed by atoms with Crippen LogP contribution in [0.3, 0.4) is 0 Å². The van der Waals surface area contributed by atoms with Gasteiger partial charge in [0.25, 0.3) is 0 Å². The van der Waals surface area contributed by atoms with Gasteiger partial charge in [0.1, 0.15) is 5.82 Å². The molecule has 0 bridgehead atoms. The average molecular weight is 360 g/mol.